The van der Waals surface area contributed by atoms with Gasteiger partial charge in [-0.2, -0.15) is 0 Å². The van der Waals surface area contributed by atoms with Gasteiger partial charge in [-0.05, 0) is 40.9 Å². The summed E-state index contributed by atoms with van der Waals surface area (Å²) in [6, 6.07) is 2.64. The van der Waals surface area contributed by atoms with E-state index < -0.39 is 0 Å². The molecule has 2 aliphatic heterocycles. The third kappa shape index (κ3) is 1.83. The second kappa shape index (κ2) is 4.17. The van der Waals surface area contributed by atoms with Gasteiger partial charge in [-0.25, -0.2) is 4.98 Å². The zero-order valence-corrected chi connectivity index (χ0v) is 11.1. The molecule has 1 aromatic rings. The number of hydrogen-bond donors (Lipinski definition) is 1. The van der Waals surface area contributed by atoms with Gasteiger partial charge in [0.2, 0.25) is 0 Å². The van der Waals surface area contributed by atoms with E-state index in [0.717, 1.165) is 29.3 Å². The largest absolute Gasteiger partial charge is 0.368 e. The number of anilines is 1. The van der Waals surface area contributed by atoms with Crippen LogP contribution in [0.3, 0.4) is 0 Å². The molecule has 2 aliphatic rings. The van der Waals surface area contributed by atoms with E-state index in [2.05, 4.69) is 31.1 Å². The number of fused-ring (bicyclic) bond motifs is 1. The number of pyridine rings is 1. The van der Waals surface area contributed by atoms with E-state index in [4.69, 9.17) is 11.6 Å². The standard InChI is InChI=1S/C11H13BrClN3/c12-11-9(13)3-8(4-15-11)16-5-7-1-2-14-10(7)6-16/h3-4,7,10,14H,1-2,5-6H2/t7-,10+/m1/s1. The monoisotopic (exact) mass is 301 g/mol. The number of hydrogen-bond acceptors (Lipinski definition) is 3. The van der Waals surface area contributed by atoms with Crippen molar-refractivity contribution in [2.24, 2.45) is 5.92 Å². The molecule has 0 bridgehead atoms. The molecule has 2 saturated heterocycles. The molecule has 0 amide bonds. The first-order chi connectivity index (χ1) is 7.74. The van der Waals surface area contributed by atoms with Crippen molar-refractivity contribution in [1.82, 2.24) is 10.3 Å². The van der Waals surface area contributed by atoms with E-state index in [1.165, 1.54) is 13.0 Å². The maximum Gasteiger partial charge on any atom is 0.124 e. The minimum Gasteiger partial charge on any atom is -0.368 e. The summed E-state index contributed by atoms with van der Waals surface area (Å²) in [5.74, 6) is 0.794. The minimum absolute atomic E-state index is 0.655. The molecular weight excluding hydrogens is 289 g/mol. The van der Waals surface area contributed by atoms with Crippen LogP contribution in [-0.2, 0) is 0 Å². The zero-order valence-electron chi connectivity index (χ0n) is 8.79. The number of aromatic nitrogens is 1. The van der Waals surface area contributed by atoms with E-state index in [1.54, 1.807) is 0 Å². The molecular formula is C11H13BrClN3. The molecule has 1 N–H and O–H groups in total. The Bertz CT molecular complexity index is 400. The Kier molecular flexibility index (Phi) is 2.81. The summed E-state index contributed by atoms with van der Waals surface area (Å²) >= 11 is 9.37. The van der Waals surface area contributed by atoms with Gasteiger partial charge in [-0.1, -0.05) is 11.6 Å². The highest BCUT2D eigenvalue weighted by atomic mass is 79.9. The molecule has 3 heterocycles. The van der Waals surface area contributed by atoms with Crippen molar-refractivity contribution in [1.29, 1.82) is 0 Å². The molecule has 3 nitrogen and oxygen atoms in total. The summed E-state index contributed by atoms with van der Waals surface area (Å²) in [6.45, 7) is 3.37. The second-order valence-corrected chi connectivity index (χ2v) is 5.64. The van der Waals surface area contributed by atoms with Crippen molar-refractivity contribution in [3.05, 3.63) is 21.9 Å². The van der Waals surface area contributed by atoms with Crippen LogP contribution in [0.5, 0.6) is 0 Å². The minimum atomic E-state index is 0.655. The van der Waals surface area contributed by atoms with Crippen molar-refractivity contribution >= 4 is 33.2 Å². The van der Waals surface area contributed by atoms with Crippen LogP contribution in [0.4, 0.5) is 5.69 Å². The quantitative estimate of drug-likeness (QED) is 0.807. The third-order valence-corrected chi connectivity index (χ3v) is 4.66. The second-order valence-electron chi connectivity index (χ2n) is 4.48. The van der Waals surface area contributed by atoms with Crippen LogP contribution in [0.2, 0.25) is 5.02 Å². The van der Waals surface area contributed by atoms with Gasteiger partial charge >= 0.3 is 0 Å². The van der Waals surface area contributed by atoms with Crippen LogP contribution in [0.15, 0.2) is 16.9 Å². The summed E-state index contributed by atoms with van der Waals surface area (Å²) in [4.78, 5) is 6.61. The highest BCUT2D eigenvalue weighted by Gasteiger charge is 2.36. The molecule has 2 fully saturated rings. The predicted molar refractivity (Wildman–Crippen MR) is 69.1 cm³/mol. The number of nitrogens with one attached hydrogen (secondary N) is 1. The fourth-order valence-electron chi connectivity index (χ4n) is 2.64. The number of nitrogens with zero attached hydrogens (tertiary/aromatic N) is 2. The molecule has 0 radical (unpaired) electrons. The van der Waals surface area contributed by atoms with Gasteiger partial charge in [0.25, 0.3) is 0 Å². The summed E-state index contributed by atoms with van der Waals surface area (Å²) < 4.78 is 0.718. The summed E-state index contributed by atoms with van der Waals surface area (Å²) in [7, 11) is 0. The lowest BCUT2D eigenvalue weighted by Gasteiger charge is -2.19. The maximum atomic E-state index is 6.06. The van der Waals surface area contributed by atoms with Crippen molar-refractivity contribution in [3.8, 4) is 0 Å². The first-order valence-electron chi connectivity index (χ1n) is 5.53. The predicted octanol–water partition coefficient (Wildman–Crippen LogP) is 2.30. The first-order valence-corrected chi connectivity index (χ1v) is 6.70. The molecule has 0 aliphatic carbocycles. The first kappa shape index (κ1) is 10.8. The van der Waals surface area contributed by atoms with Crippen molar-refractivity contribution in [2.45, 2.75) is 12.5 Å². The van der Waals surface area contributed by atoms with Crippen LogP contribution in [0.1, 0.15) is 6.42 Å². The lowest BCUT2D eigenvalue weighted by molar-refractivity contribution is 0.556. The highest BCUT2D eigenvalue weighted by Crippen LogP contribution is 2.31. The Morgan fingerprint density at radius 3 is 3.12 bits per heavy atom. The van der Waals surface area contributed by atoms with Crippen molar-refractivity contribution in [3.63, 3.8) is 0 Å². The molecule has 1 aromatic heterocycles. The van der Waals surface area contributed by atoms with E-state index >= 15 is 0 Å². The Morgan fingerprint density at radius 1 is 1.50 bits per heavy atom. The van der Waals surface area contributed by atoms with Crippen LogP contribution in [0, 0.1) is 5.92 Å². The molecule has 5 heteroatoms. The smallest absolute Gasteiger partial charge is 0.124 e. The van der Waals surface area contributed by atoms with E-state index in [1.807, 2.05) is 12.3 Å². The Labute approximate surface area is 108 Å². The lowest BCUT2D eigenvalue weighted by Crippen LogP contribution is -2.30. The fraction of sp³-hybridized carbons (Fsp3) is 0.545. The van der Waals surface area contributed by atoms with Crippen molar-refractivity contribution < 1.29 is 0 Å². The average Bonchev–Trinajstić information content (AvgIpc) is 2.81. The van der Waals surface area contributed by atoms with E-state index in [0.29, 0.717) is 11.1 Å². The topological polar surface area (TPSA) is 28.2 Å². The fourth-order valence-corrected chi connectivity index (χ4v) is 3.02. The maximum absolute atomic E-state index is 6.06. The zero-order chi connectivity index (χ0) is 11.1. The number of halogens is 2. The van der Waals surface area contributed by atoms with Gasteiger partial charge in [0, 0.05) is 19.1 Å². The molecule has 0 aromatic carbocycles. The molecule has 0 saturated carbocycles. The van der Waals surface area contributed by atoms with E-state index in [9.17, 15) is 0 Å². The molecule has 0 unspecified atom stereocenters. The number of rotatable bonds is 1. The van der Waals surface area contributed by atoms with Gasteiger partial charge in [0.15, 0.2) is 0 Å². The summed E-state index contributed by atoms with van der Waals surface area (Å²) in [5.41, 5.74) is 1.13. The van der Waals surface area contributed by atoms with Gasteiger partial charge in [0.05, 0.1) is 16.9 Å². The Hall–Kier alpha value is -0.320. The van der Waals surface area contributed by atoms with Crippen molar-refractivity contribution in [2.75, 3.05) is 24.5 Å². The molecule has 86 valence electrons. The van der Waals surface area contributed by atoms with Gasteiger partial charge in [-0.15, -0.1) is 0 Å². The van der Waals surface area contributed by atoms with E-state index in [-0.39, 0.29) is 0 Å². The van der Waals surface area contributed by atoms with Gasteiger partial charge in [0.1, 0.15) is 4.60 Å². The SMILES string of the molecule is Clc1cc(N2C[C@H]3CCN[C@H]3C2)cnc1Br. The van der Waals surface area contributed by atoms with Crippen LogP contribution in [0.25, 0.3) is 0 Å². The average molecular weight is 303 g/mol. The Morgan fingerprint density at radius 2 is 2.38 bits per heavy atom. The summed E-state index contributed by atoms with van der Waals surface area (Å²) in [5, 5.41) is 4.22. The highest BCUT2D eigenvalue weighted by molar-refractivity contribution is 9.10. The lowest BCUT2D eigenvalue weighted by atomic mass is 10.1. The molecule has 2 atom stereocenters. The molecule has 16 heavy (non-hydrogen) atoms. The van der Waals surface area contributed by atoms with Crippen LogP contribution in [-0.4, -0.2) is 30.7 Å². The molecule has 3 rings (SSSR count). The Balaban J connectivity index is 1.81. The van der Waals surface area contributed by atoms with Crippen LogP contribution < -0.4 is 10.2 Å². The van der Waals surface area contributed by atoms with Crippen LogP contribution >= 0.6 is 27.5 Å². The van der Waals surface area contributed by atoms with Gasteiger partial charge < -0.3 is 10.2 Å². The van der Waals surface area contributed by atoms with Gasteiger partial charge in [-0.3, -0.25) is 0 Å². The third-order valence-electron chi connectivity index (χ3n) is 3.51. The summed E-state index contributed by atoms with van der Waals surface area (Å²) in [6.07, 6.45) is 3.18. The normalized spacial score (nSPS) is 28.5. The molecule has 0 spiro atoms.